The van der Waals surface area contributed by atoms with E-state index in [2.05, 4.69) is 0 Å². The molecule has 1 aromatic rings. The highest BCUT2D eigenvalue weighted by molar-refractivity contribution is 7.87. The molecule has 1 amide bonds. The third-order valence-electron chi connectivity index (χ3n) is 4.54. The maximum Gasteiger partial charge on any atom is 0.308 e. The number of halogens is 1. The van der Waals surface area contributed by atoms with E-state index in [4.69, 9.17) is 15.8 Å². The lowest BCUT2D eigenvalue weighted by Crippen LogP contribution is -2.41. The van der Waals surface area contributed by atoms with Crippen LogP contribution in [-0.2, 0) is 21.5 Å². The molecule has 26 heavy (non-hydrogen) atoms. The van der Waals surface area contributed by atoms with Crippen molar-refractivity contribution < 1.29 is 17.4 Å². The van der Waals surface area contributed by atoms with Crippen molar-refractivity contribution in [3.63, 3.8) is 0 Å². The van der Waals surface area contributed by atoms with Gasteiger partial charge in [0, 0.05) is 36.1 Å². The molecule has 0 bridgehead atoms. The molecule has 0 unspecified atom stereocenters. The topological polar surface area (TPSA) is 66.9 Å². The number of hydrogen-bond acceptors (Lipinski definition) is 5. The summed E-state index contributed by atoms with van der Waals surface area (Å²) in [6.45, 7) is 3.09. The van der Waals surface area contributed by atoms with E-state index in [0.29, 0.717) is 17.1 Å². The van der Waals surface area contributed by atoms with Crippen LogP contribution in [0.5, 0.6) is 5.75 Å². The van der Waals surface area contributed by atoms with Gasteiger partial charge in [-0.1, -0.05) is 18.0 Å². The fraction of sp³-hybridized carbons (Fsp3) is 0.611. The molecule has 0 N–H and O–H groups in total. The Kier molecular flexibility index (Phi) is 7.32. The smallest absolute Gasteiger partial charge is 0.308 e. The van der Waals surface area contributed by atoms with Gasteiger partial charge in [0.2, 0.25) is 5.91 Å². The molecule has 0 radical (unpaired) electrons. The van der Waals surface area contributed by atoms with Crippen LogP contribution < -0.4 is 4.18 Å². The molecule has 1 fully saturated rings. The Morgan fingerprint density at radius 3 is 2.50 bits per heavy atom. The Morgan fingerprint density at radius 1 is 1.27 bits per heavy atom. The second kappa shape index (κ2) is 9.06. The van der Waals surface area contributed by atoms with Gasteiger partial charge in [-0.25, -0.2) is 0 Å². The lowest BCUT2D eigenvalue weighted by atomic mass is 9.84. The van der Waals surface area contributed by atoms with Crippen molar-refractivity contribution in [3.8, 4) is 5.75 Å². The first-order chi connectivity index (χ1) is 12.2. The molecule has 146 valence electrons. The zero-order valence-corrected chi connectivity index (χ0v) is 17.1. The lowest BCUT2D eigenvalue weighted by Gasteiger charge is -2.32. The van der Waals surface area contributed by atoms with Crippen LogP contribution in [0, 0.1) is 5.92 Å². The molecule has 6 nitrogen and oxygen atoms in total. The van der Waals surface area contributed by atoms with Crippen LogP contribution in [0.25, 0.3) is 0 Å². The van der Waals surface area contributed by atoms with Crippen LogP contribution in [-0.4, -0.2) is 57.1 Å². The molecule has 0 heterocycles. The lowest BCUT2D eigenvalue weighted by molar-refractivity contribution is -0.139. The molecule has 2 rings (SSSR count). The number of rotatable bonds is 9. The van der Waals surface area contributed by atoms with Crippen LogP contribution in [0.1, 0.15) is 31.7 Å². The van der Waals surface area contributed by atoms with Gasteiger partial charge < -0.3 is 14.0 Å². The average molecular weight is 403 g/mol. The number of likely N-dealkylation sites (N-methyl/N-ethyl adjacent to an activating group) is 1. The monoisotopic (exact) mass is 402 g/mol. The van der Waals surface area contributed by atoms with E-state index in [-0.39, 0.29) is 29.9 Å². The summed E-state index contributed by atoms with van der Waals surface area (Å²) in [6, 6.07) is 4.80. The normalized spacial score (nSPS) is 15.0. The van der Waals surface area contributed by atoms with Crippen LogP contribution in [0.2, 0.25) is 5.02 Å². The third-order valence-corrected chi connectivity index (χ3v) is 5.91. The van der Waals surface area contributed by atoms with Crippen molar-refractivity contribution in [2.75, 3.05) is 32.9 Å². The van der Waals surface area contributed by atoms with E-state index in [9.17, 15) is 13.2 Å². The van der Waals surface area contributed by atoms with E-state index in [1.807, 2.05) is 19.0 Å². The summed E-state index contributed by atoms with van der Waals surface area (Å²) < 4.78 is 28.9. The summed E-state index contributed by atoms with van der Waals surface area (Å²) in [5.41, 5.74) is 0.598. The molecular formula is C18H27ClN2O4S. The number of amides is 1. The first-order valence-corrected chi connectivity index (χ1v) is 10.8. The van der Waals surface area contributed by atoms with Crippen molar-refractivity contribution in [1.29, 1.82) is 0 Å². The van der Waals surface area contributed by atoms with Gasteiger partial charge in [0.05, 0.1) is 5.75 Å². The summed E-state index contributed by atoms with van der Waals surface area (Å²) in [5.74, 6) is 0.287. The highest BCUT2D eigenvalue weighted by Gasteiger charge is 2.30. The highest BCUT2D eigenvalue weighted by atomic mass is 35.5. The van der Waals surface area contributed by atoms with E-state index >= 15 is 0 Å². The molecule has 0 saturated heterocycles. The molecule has 1 aromatic carbocycles. The maximum atomic E-state index is 12.8. The molecule has 8 heteroatoms. The Labute approximate surface area is 161 Å². The van der Waals surface area contributed by atoms with Crippen LogP contribution >= 0.6 is 11.6 Å². The summed E-state index contributed by atoms with van der Waals surface area (Å²) in [6.07, 6.45) is 2.92. The van der Waals surface area contributed by atoms with Crippen LogP contribution in [0.15, 0.2) is 18.2 Å². The first kappa shape index (κ1) is 21.0. The second-order valence-corrected chi connectivity index (χ2v) is 9.17. The van der Waals surface area contributed by atoms with Gasteiger partial charge in [-0.15, -0.1) is 0 Å². The minimum Gasteiger partial charge on any atom is -0.382 e. The van der Waals surface area contributed by atoms with Gasteiger partial charge in [0.25, 0.3) is 0 Å². The van der Waals surface area contributed by atoms with Crippen molar-refractivity contribution >= 4 is 27.6 Å². The van der Waals surface area contributed by atoms with Crippen LogP contribution in [0.3, 0.4) is 0 Å². The number of hydrogen-bond donors (Lipinski definition) is 0. The molecule has 0 aromatic heterocycles. The Hall–Kier alpha value is -1.31. The Balaban J connectivity index is 2.24. The maximum absolute atomic E-state index is 12.8. The zero-order valence-electron chi connectivity index (χ0n) is 15.6. The average Bonchev–Trinajstić information content (AvgIpc) is 2.51. The summed E-state index contributed by atoms with van der Waals surface area (Å²) in [7, 11) is 0.250. The molecule has 0 spiro atoms. The van der Waals surface area contributed by atoms with Gasteiger partial charge in [0.1, 0.15) is 5.75 Å². The zero-order chi connectivity index (χ0) is 19.3. The van der Waals surface area contributed by atoms with Gasteiger partial charge in [-0.05, 0) is 52.1 Å². The van der Waals surface area contributed by atoms with E-state index in [1.54, 1.807) is 23.1 Å². The standard InChI is InChI=1S/C18H27ClN2O4S/c1-4-26(23,24)25-17-9-8-16(19)12-15(17)13-21(11-10-20(2)3)18(22)14-6-5-7-14/h8-9,12,14H,4-7,10-11,13H2,1-3H3. The van der Waals surface area contributed by atoms with E-state index in [0.717, 1.165) is 25.8 Å². The van der Waals surface area contributed by atoms with E-state index < -0.39 is 10.1 Å². The van der Waals surface area contributed by atoms with Gasteiger partial charge >= 0.3 is 10.1 Å². The quantitative estimate of drug-likeness (QED) is 0.594. The third kappa shape index (κ3) is 5.86. The van der Waals surface area contributed by atoms with E-state index in [1.165, 1.54) is 6.92 Å². The minimum atomic E-state index is -3.65. The summed E-state index contributed by atoms with van der Waals surface area (Å²) >= 11 is 6.10. The Morgan fingerprint density at radius 2 is 1.96 bits per heavy atom. The largest absolute Gasteiger partial charge is 0.382 e. The van der Waals surface area contributed by atoms with Gasteiger partial charge in [0.15, 0.2) is 0 Å². The van der Waals surface area contributed by atoms with Crippen molar-refractivity contribution in [1.82, 2.24) is 9.80 Å². The summed E-state index contributed by atoms with van der Waals surface area (Å²) in [5, 5.41) is 0.477. The fourth-order valence-electron chi connectivity index (χ4n) is 2.66. The van der Waals surface area contributed by atoms with Crippen molar-refractivity contribution in [2.45, 2.75) is 32.7 Å². The van der Waals surface area contributed by atoms with Crippen molar-refractivity contribution in [3.05, 3.63) is 28.8 Å². The number of nitrogens with zero attached hydrogens (tertiary/aromatic N) is 2. The van der Waals surface area contributed by atoms with Gasteiger partial charge in [-0.2, -0.15) is 8.42 Å². The molecule has 0 aliphatic heterocycles. The molecule has 1 aliphatic carbocycles. The minimum absolute atomic E-state index is 0.0695. The predicted octanol–water partition coefficient (Wildman–Crippen LogP) is 2.76. The number of carbonyl (C=O) groups is 1. The molecular weight excluding hydrogens is 376 g/mol. The number of benzene rings is 1. The number of carbonyl (C=O) groups excluding carboxylic acids is 1. The predicted molar refractivity (Wildman–Crippen MR) is 103 cm³/mol. The van der Waals surface area contributed by atoms with Crippen LogP contribution in [0.4, 0.5) is 0 Å². The highest BCUT2D eigenvalue weighted by Crippen LogP contribution is 2.31. The molecule has 0 atom stereocenters. The second-order valence-electron chi connectivity index (χ2n) is 6.87. The molecule has 1 saturated carbocycles. The van der Waals surface area contributed by atoms with Gasteiger partial charge in [-0.3, -0.25) is 4.79 Å². The SMILES string of the molecule is CCS(=O)(=O)Oc1ccc(Cl)cc1CN(CCN(C)C)C(=O)C1CCC1. The molecule has 1 aliphatic rings. The first-order valence-electron chi connectivity index (χ1n) is 8.86. The Bertz CT molecular complexity index is 733. The van der Waals surface area contributed by atoms with Crippen molar-refractivity contribution in [2.24, 2.45) is 5.92 Å². The fourth-order valence-corrected chi connectivity index (χ4v) is 3.40. The summed E-state index contributed by atoms with van der Waals surface area (Å²) in [4.78, 5) is 16.6.